The van der Waals surface area contributed by atoms with Crippen molar-refractivity contribution >= 4 is 0 Å². The Morgan fingerprint density at radius 3 is 3.18 bits per heavy atom. The quantitative estimate of drug-likeness (QED) is 0.682. The first-order valence-electron chi connectivity index (χ1n) is 6.71. The molecule has 0 radical (unpaired) electrons. The second-order valence-electron chi connectivity index (χ2n) is 5.76. The van der Waals surface area contributed by atoms with Crippen molar-refractivity contribution in [1.82, 2.24) is 4.57 Å². The number of aryl methyl sites for hydroxylation is 1. The predicted molar refractivity (Wildman–Crippen MR) is 68.7 cm³/mol. The van der Waals surface area contributed by atoms with E-state index < -0.39 is 5.60 Å². The highest BCUT2D eigenvalue weighted by Crippen LogP contribution is 2.38. The van der Waals surface area contributed by atoms with Crippen molar-refractivity contribution in [3.63, 3.8) is 0 Å². The molecule has 1 N–H and O–H groups in total. The highest BCUT2D eigenvalue weighted by molar-refractivity contribution is 5.13. The van der Waals surface area contributed by atoms with Gasteiger partial charge in [0.05, 0.1) is 5.60 Å². The van der Waals surface area contributed by atoms with Gasteiger partial charge in [0.15, 0.2) is 0 Å². The molecule has 1 aliphatic carbocycles. The van der Waals surface area contributed by atoms with Gasteiger partial charge in [0, 0.05) is 18.4 Å². The van der Waals surface area contributed by atoms with Crippen LogP contribution in [0.5, 0.6) is 0 Å². The van der Waals surface area contributed by atoms with Crippen molar-refractivity contribution in [3.8, 4) is 0 Å². The number of nitrogens with zero attached hydrogens (tertiary/aromatic N) is 1. The molecule has 0 aromatic carbocycles. The average Bonchev–Trinajstić information content (AvgIpc) is 2.56. The van der Waals surface area contributed by atoms with E-state index in [-0.39, 0.29) is 0 Å². The lowest BCUT2D eigenvalue weighted by molar-refractivity contribution is 0.0116. The molecule has 0 fully saturated rings. The Hall–Kier alpha value is -1.02. The second-order valence-corrected chi connectivity index (χ2v) is 5.76. The SMILES string of the molecule is CC1(O)C=CCC[C@@H]2Cn3cccc3CC[C@@H]21. The molecule has 2 heterocycles. The normalized spacial score (nSPS) is 36.8. The number of hydrogen-bond donors (Lipinski definition) is 1. The summed E-state index contributed by atoms with van der Waals surface area (Å²) in [6, 6.07) is 4.36. The Bertz CT molecular complexity index is 430. The first-order valence-corrected chi connectivity index (χ1v) is 6.71. The van der Waals surface area contributed by atoms with E-state index in [9.17, 15) is 5.11 Å². The lowest BCUT2D eigenvalue weighted by atomic mass is 9.76. The molecule has 17 heavy (non-hydrogen) atoms. The van der Waals surface area contributed by atoms with Gasteiger partial charge in [-0.25, -0.2) is 0 Å². The third kappa shape index (κ3) is 1.95. The van der Waals surface area contributed by atoms with Crippen LogP contribution in [0.3, 0.4) is 0 Å². The lowest BCUT2D eigenvalue weighted by Gasteiger charge is -2.34. The van der Waals surface area contributed by atoms with Crippen LogP contribution in [0.2, 0.25) is 0 Å². The molecule has 3 rings (SSSR count). The first kappa shape index (κ1) is 11.1. The van der Waals surface area contributed by atoms with Gasteiger partial charge in [-0.2, -0.15) is 0 Å². The van der Waals surface area contributed by atoms with E-state index in [1.807, 2.05) is 13.0 Å². The predicted octanol–water partition coefficient (Wildman–Crippen LogP) is 2.77. The zero-order valence-electron chi connectivity index (χ0n) is 10.5. The Morgan fingerprint density at radius 2 is 2.29 bits per heavy atom. The van der Waals surface area contributed by atoms with Crippen molar-refractivity contribution in [3.05, 3.63) is 36.2 Å². The van der Waals surface area contributed by atoms with Crippen molar-refractivity contribution < 1.29 is 5.11 Å². The van der Waals surface area contributed by atoms with Gasteiger partial charge in [-0.3, -0.25) is 0 Å². The van der Waals surface area contributed by atoms with Crippen LogP contribution >= 0.6 is 0 Å². The van der Waals surface area contributed by atoms with Crippen LogP contribution < -0.4 is 0 Å². The maximum Gasteiger partial charge on any atom is 0.0831 e. The van der Waals surface area contributed by atoms with Crippen molar-refractivity contribution in [2.24, 2.45) is 11.8 Å². The molecule has 1 aromatic rings. The maximum absolute atomic E-state index is 10.6. The van der Waals surface area contributed by atoms with Gasteiger partial charge in [-0.15, -0.1) is 0 Å². The van der Waals surface area contributed by atoms with Crippen LogP contribution in [0.15, 0.2) is 30.5 Å². The van der Waals surface area contributed by atoms with Crippen LogP contribution in [0, 0.1) is 11.8 Å². The number of fused-ring (bicyclic) bond motifs is 2. The topological polar surface area (TPSA) is 25.2 Å². The molecule has 1 aliphatic heterocycles. The van der Waals surface area contributed by atoms with E-state index in [0.29, 0.717) is 11.8 Å². The summed E-state index contributed by atoms with van der Waals surface area (Å²) in [5, 5.41) is 10.6. The molecule has 2 nitrogen and oxygen atoms in total. The Labute approximate surface area is 103 Å². The Morgan fingerprint density at radius 1 is 1.41 bits per heavy atom. The highest BCUT2D eigenvalue weighted by Gasteiger charge is 2.38. The summed E-state index contributed by atoms with van der Waals surface area (Å²) in [7, 11) is 0. The molecule has 0 saturated heterocycles. The molecule has 1 unspecified atom stereocenters. The summed E-state index contributed by atoms with van der Waals surface area (Å²) in [5.74, 6) is 1.01. The van der Waals surface area contributed by atoms with Crippen LogP contribution in [0.4, 0.5) is 0 Å². The van der Waals surface area contributed by atoms with Crippen molar-refractivity contribution in [1.29, 1.82) is 0 Å². The summed E-state index contributed by atoms with van der Waals surface area (Å²) >= 11 is 0. The largest absolute Gasteiger partial charge is 0.386 e. The van der Waals surface area contributed by atoms with Gasteiger partial charge in [0.2, 0.25) is 0 Å². The summed E-state index contributed by atoms with van der Waals surface area (Å²) in [6.45, 7) is 3.05. The standard InChI is InChI=1S/C15H21NO/c1-15(17)9-3-2-5-12-11-16-10-4-6-13(16)7-8-14(12)15/h3-4,6,9-10,12,14,17H,2,5,7-8,11H2,1H3/t12-,14+,15?/m1/s1. The molecular weight excluding hydrogens is 210 g/mol. The molecular formula is C15H21NO. The van der Waals surface area contributed by atoms with E-state index >= 15 is 0 Å². The number of rotatable bonds is 0. The number of aromatic nitrogens is 1. The summed E-state index contributed by atoms with van der Waals surface area (Å²) in [6.07, 6.45) is 10.9. The number of hydrogen-bond acceptors (Lipinski definition) is 1. The molecule has 92 valence electrons. The van der Waals surface area contributed by atoms with Gasteiger partial charge in [0.25, 0.3) is 0 Å². The minimum Gasteiger partial charge on any atom is -0.386 e. The van der Waals surface area contributed by atoms with Crippen LogP contribution in [0.1, 0.15) is 31.9 Å². The van der Waals surface area contributed by atoms with E-state index in [4.69, 9.17) is 0 Å². The van der Waals surface area contributed by atoms with Gasteiger partial charge >= 0.3 is 0 Å². The average molecular weight is 231 g/mol. The maximum atomic E-state index is 10.6. The zero-order chi connectivity index (χ0) is 11.9. The van der Waals surface area contributed by atoms with Gasteiger partial charge in [0.1, 0.15) is 0 Å². The molecule has 2 aliphatic rings. The molecule has 2 heteroatoms. The van der Waals surface area contributed by atoms with Crippen LogP contribution in [-0.4, -0.2) is 15.3 Å². The fraction of sp³-hybridized carbons (Fsp3) is 0.600. The van der Waals surface area contributed by atoms with Gasteiger partial charge < -0.3 is 9.67 Å². The van der Waals surface area contributed by atoms with Crippen LogP contribution in [0.25, 0.3) is 0 Å². The smallest absolute Gasteiger partial charge is 0.0831 e. The van der Waals surface area contributed by atoms with Gasteiger partial charge in [-0.1, -0.05) is 12.2 Å². The summed E-state index contributed by atoms with van der Waals surface area (Å²) < 4.78 is 2.38. The van der Waals surface area contributed by atoms with Crippen LogP contribution in [-0.2, 0) is 13.0 Å². The van der Waals surface area contributed by atoms with Crippen molar-refractivity contribution in [2.75, 3.05) is 0 Å². The lowest BCUT2D eigenvalue weighted by Crippen LogP contribution is -2.37. The van der Waals surface area contributed by atoms with E-state index in [1.54, 1.807) is 0 Å². The highest BCUT2D eigenvalue weighted by atomic mass is 16.3. The third-order valence-corrected chi connectivity index (χ3v) is 4.55. The van der Waals surface area contributed by atoms with Crippen molar-refractivity contribution in [2.45, 2.75) is 44.8 Å². The zero-order valence-corrected chi connectivity index (χ0v) is 10.5. The monoisotopic (exact) mass is 231 g/mol. The Balaban J connectivity index is 1.92. The molecule has 1 aromatic heterocycles. The molecule has 3 atom stereocenters. The fourth-order valence-corrected chi connectivity index (χ4v) is 3.59. The molecule has 0 bridgehead atoms. The molecule has 0 spiro atoms. The third-order valence-electron chi connectivity index (χ3n) is 4.55. The summed E-state index contributed by atoms with van der Waals surface area (Å²) in [4.78, 5) is 0. The minimum absolute atomic E-state index is 0.404. The van der Waals surface area contributed by atoms with E-state index in [0.717, 1.165) is 25.8 Å². The molecule has 0 amide bonds. The minimum atomic E-state index is -0.620. The Kier molecular flexibility index (Phi) is 2.62. The number of aliphatic hydroxyl groups is 1. The van der Waals surface area contributed by atoms with Gasteiger partial charge in [-0.05, 0) is 56.6 Å². The second kappa shape index (κ2) is 4.02. The summed E-state index contributed by atoms with van der Waals surface area (Å²) in [5.41, 5.74) is 0.809. The number of allylic oxidation sites excluding steroid dienone is 1. The van der Waals surface area contributed by atoms with E-state index in [1.165, 1.54) is 12.1 Å². The van der Waals surface area contributed by atoms with E-state index in [2.05, 4.69) is 29.0 Å². The fourth-order valence-electron chi connectivity index (χ4n) is 3.59. The first-order chi connectivity index (χ1) is 8.17. The molecule has 0 saturated carbocycles.